The number of nitrogens with one attached hydrogen (secondary N) is 1. The Kier molecular flexibility index (Phi) is 3.87. The monoisotopic (exact) mass is 260 g/mol. The van der Waals surface area contributed by atoms with Crippen LogP contribution < -0.4 is 5.32 Å². The quantitative estimate of drug-likeness (QED) is 0.868. The fourth-order valence-corrected chi connectivity index (χ4v) is 3.55. The Labute approximate surface area is 115 Å². The van der Waals surface area contributed by atoms with Crippen LogP contribution in [0.5, 0.6) is 0 Å². The number of aliphatic hydroxyl groups excluding tert-OH is 1. The van der Waals surface area contributed by atoms with E-state index in [4.69, 9.17) is 5.11 Å². The third-order valence-electron chi connectivity index (χ3n) is 4.71. The van der Waals surface area contributed by atoms with Gasteiger partial charge in [0.1, 0.15) is 0 Å². The van der Waals surface area contributed by atoms with E-state index in [0.29, 0.717) is 0 Å². The van der Waals surface area contributed by atoms with Crippen molar-refractivity contribution in [3.63, 3.8) is 0 Å². The SMILES string of the molecule is CN(Cc1ccc(CO)cc1)C1CC2CCC(C1)N2. The maximum Gasteiger partial charge on any atom is 0.0681 e. The van der Waals surface area contributed by atoms with Crippen molar-refractivity contribution in [2.24, 2.45) is 0 Å². The molecule has 104 valence electrons. The lowest BCUT2D eigenvalue weighted by atomic mass is 9.98. The van der Waals surface area contributed by atoms with E-state index in [1.807, 2.05) is 12.1 Å². The van der Waals surface area contributed by atoms with E-state index in [1.165, 1.54) is 31.2 Å². The smallest absolute Gasteiger partial charge is 0.0681 e. The van der Waals surface area contributed by atoms with Crippen molar-refractivity contribution in [3.05, 3.63) is 35.4 Å². The van der Waals surface area contributed by atoms with Gasteiger partial charge in [-0.15, -0.1) is 0 Å². The molecule has 3 nitrogen and oxygen atoms in total. The molecule has 0 spiro atoms. The zero-order valence-electron chi connectivity index (χ0n) is 11.7. The van der Waals surface area contributed by atoms with E-state index in [1.54, 1.807) is 0 Å². The standard InChI is InChI=1S/C16H24N2O/c1-18(10-12-2-4-13(11-19)5-3-12)16-8-14-6-7-15(9-16)17-14/h2-5,14-17,19H,6-11H2,1H3. The van der Waals surface area contributed by atoms with Gasteiger partial charge < -0.3 is 10.4 Å². The maximum absolute atomic E-state index is 9.06. The number of piperidine rings is 1. The summed E-state index contributed by atoms with van der Waals surface area (Å²) in [4.78, 5) is 2.50. The number of benzene rings is 1. The molecule has 3 rings (SSSR count). The Morgan fingerprint density at radius 2 is 1.68 bits per heavy atom. The van der Waals surface area contributed by atoms with Crippen molar-refractivity contribution >= 4 is 0 Å². The highest BCUT2D eigenvalue weighted by atomic mass is 16.3. The fraction of sp³-hybridized carbons (Fsp3) is 0.625. The first-order valence-electron chi connectivity index (χ1n) is 7.39. The molecule has 3 heteroatoms. The van der Waals surface area contributed by atoms with Gasteiger partial charge in [-0.25, -0.2) is 0 Å². The zero-order valence-corrected chi connectivity index (χ0v) is 11.7. The Hall–Kier alpha value is -0.900. The molecule has 2 unspecified atom stereocenters. The summed E-state index contributed by atoms with van der Waals surface area (Å²) in [5, 5.41) is 12.8. The Morgan fingerprint density at radius 1 is 1.11 bits per heavy atom. The Bertz CT molecular complexity index is 405. The molecule has 19 heavy (non-hydrogen) atoms. The summed E-state index contributed by atoms with van der Waals surface area (Å²) in [7, 11) is 2.25. The second-order valence-electron chi connectivity index (χ2n) is 6.15. The molecule has 2 fully saturated rings. The van der Waals surface area contributed by atoms with E-state index in [-0.39, 0.29) is 6.61 Å². The van der Waals surface area contributed by atoms with Gasteiger partial charge in [0.15, 0.2) is 0 Å². The lowest BCUT2D eigenvalue weighted by Crippen LogP contribution is -2.46. The number of fused-ring (bicyclic) bond motifs is 2. The summed E-state index contributed by atoms with van der Waals surface area (Å²) in [6, 6.07) is 10.5. The summed E-state index contributed by atoms with van der Waals surface area (Å²) >= 11 is 0. The van der Waals surface area contributed by atoms with Crippen LogP contribution in [0.1, 0.15) is 36.8 Å². The summed E-state index contributed by atoms with van der Waals surface area (Å²) < 4.78 is 0. The topological polar surface area (TPSA) is 35.5 Å². The Morgan fingerprint density at radius 3 is 2.26 bits per heavy atom. The minimum absolute atomic E-state index is 0.133. The largest absolute Gasteiger partial charge is 0.392 e. The molecule has 2 heterocycles. The molecular formula is C16H24N2O. The summed E-state index contributed by atoms with van der Waals surface area (Å²) in [6.07, 6.45) is 5.31. The zero-order chi connectivity index (χ0) is 13.2. The van der Waals surface area contributed by atoms with Crippen molar-refractivity contribution in [2.45, 2.75) is 57.0 Å². The van der Waals surface area contributed by atoms with E-state index in [2.05, 4.69) is 29.4 Å². The van der Waals surface area contributed by atoms with Crippen molar-refractivity contribution in [1.29, 1.82) is 0 Å². The van der Waals surface area contributed by atoms with Gasteiger partial charge in [-0.3, -0.25) is 4.90 Å². The Balaban J connectivity index is 1.59. The van der Waals surface area contributed by atoms with E-state index < -0.39 is 0 Å². The van der Waals surface area contributed by atoms with Crippen LogP contribution >= 0.6 is 0 Å². The number of rotatable bonds is 4. The summed E-state index contributed by atoms with van der Waals surface area (Å²) in [6.45, 7) is 1.14. The fourth-order valence-electron chi connectivity index (χ4n) is 3.55. The van der Waals surface area contributed by atoms with E-state index >= 15 is 0 Å². The summed E-state index contributed by atoms with van der Waals surface area (Å²) in [5.74, 6) is 0. The predicted molar refractivity (Wildman–Crippen MR) is 76.8 cm³/mol. The van der Waals surface area contributed by atoms with Crippen LogP contribution in [-0.2, 0) is 13.2 Å². The second-order valence-corrected chi connectivity index (χ2v) is 6.15. The van der Waals surface area contributed by atoms with Gasteiger partial charge in [0.05, 0.1) is 6.61 Å². The molecule has 1 aromatic carbocycles. The van der Waals surface area contributed by atoms with Gasteiger partial charge in [-0.1, -0.05) is 24.3 Å². The van der Waals surface area contributed by atoms with Gasteiger partial charge in [0.2, 0.25) is 0 Å². The highest BCUT2D eigenvalue weighted by Gasteiger charge is 2.34. The molecular weight excluding hydrogens is 236 g/mol. The highest BCUT2D eigenvalue weighted by Crippen LogP contribution is 2.29. The van der Waals surface area contributed by atoms with Crippen LogP contribution in [0.25, 0.3) is 0 Å². The average Bonchev–Trinajstić information content (AvgIpc) is 2.78. The average molecular weight is 260 g/mol. The van der Waals surface area contributed by atoms with Crippen LogP contribution in [-0.4, -0.2) is 35.2 Å². The molecule has 0 radical (unpaired) electrons. The molecule has 2 N–H and O–H groups in total. The highest BCUT2D eigenvalue weighted by molar-refractivity contribution is 5.22. The van der Waals surface area contributed by atoms with E-state index in [9.17, 15) is 0 Å². The third-order valence-corrected chi connectivity index (χ3v) is 4.71. The number of aliphatic hydroxyl groups is 1. The molecule has 2 saturated heterocycles. The lowest BCUT2D eigenvalue weighted by molar-refractivity contribution is 0.166. The number of hydrogen-bond donors (Lipinski definition) is 2. The molecule has 1 aromatic rings. The van der Waals surface area contributed by atoms with Gasteiger partial charge in [-0.2, -0.15) is 0 Å². The molecule has 2 aliphatic rings. The molecule has 2 aliphatic heterocycles. The first-order valence-corrected chi connectivity index (χ1v) is 7.39. The molecule has 0 amide bonds. The lowest BCUT2D eigenvalue weighted by Gasteiger charge is -2.35. The minimum atomic E-state index is 0.133. The van der Waals surface area contributed by atoms with Crippen LogP contribution in [0.15, 0.2) is 24.3 Å². The molecule has 2 bridgehead atoms. The first kappa shape index (κ1) is 13.1. The summed E-state index contributed by atoms with van der Waals surface area (Å²) in [5.41, 5.74) is 2.33. The predicted octanol–water partition coefficient (Wildman–Crippen LogP) is 1.89. The van der Waals surface area contributed by atoms with Crippen molar-refractivity contribution < 1.29 is 5.11 Å². The van der Waals surface area contributed by atoms with Crippen molar-refractivity contribution in [1.82, 2.24) is 10.2 Å². The van der Waals surface area contributed by atoms with Gasteiger partial charge in [-0.05, 0) is 43.9 Å². The molecule has 2 atom stereocenters. The minimum Gasteiger partial charge on any atom is -0.392 e. The molecule has 0 aromatic heterocycles. The van der Waals surface area contributed by atoms with Crippen molar-refractivity contribution in [2.75, 3.05) is 7.05 Å². The van der Waals surface area contributed by atoms with Crippen LogP contribution in [0.3, 0.4) is 0 Å². The van der Waals surface area contributed by atoms with Gasteiger partial charge in [0, 0.05) is 24.7 Å². The van der Waals surface area contributed by atoms with Crippen LogP contribution in [0.4, 0.5) is 0 Å². The van der Waals surface area contributed by atoms with Gasteiger partial charge in [0.25, 0.3) is 0 Å². The van der Waals surface area contributed by atoms with E-state index in [0.717, 1.165) is 30.2 Å². The van der Waals surface area contributed by atoms with Crippen molar-refractivity contribution in [3.8, 4) is 0 Å². The number of hydrogen-bond acceptors (Lipinski definition) is 3. The van der Waals surface area contributed by atoms with Crippen LogP contribution in [0.2, 0.25) is 0 Å². The third kappa shape index (κ3) is 2.99. The first-order chi connectivity index (χ1) is 9.24. The molecule has 0 aliphatic carbocycles. The maximum atomic E-state index is 9.06. The normalized spacial score (nSPS) is 29.9. The second kappa shape index (κ2) is 5.61. The van der Waals surface area contributed by atoms with Gasteiger partial charge >= 0.3 is 0 Å². The molecule has 0 saturated carbocycles. The number of nitrogens with zero attached hydrogens (tertiary/aromatic N) is 1. The van der Waals surface area contributed by atoms with Crippen LogP contribution in [0, 0.1) is 0 Å².